The summed E-state index contributed by atoms with van der Waals surface area (Å²) in [7, 11) is -1.90. The molecule has 0 aliphatic carbocycles. The molecule has 1 aromatic carbocycles. The Kier molecular flexibility index (Phi) is 4.95. The Bertz CT molecular complexity index is 619. The van der Waals surface area contributed by atoms with Crippen LogP contribution in [0, 0.1) is 0 Å². The van der Waals surface area contributed by atoms with Gasteiger partial charge in [-0.05, 0) is 12.1 Å². The number of benzene rings is 1. The van der Waals surface area contributed by atoms with E-state index in [-0.39, 0.29) is 24.8 Å². The summed E-state index contributed by atoms with van der Waals surface area (Å²) < 4.78 is 34.7. The van der Waals surface area contributed by atoms with E-state index in [4.69, 9.17) is 21.1 Å². The number of carbonyl (C=O) groups is 1. The third-order valence-electron chi connectivity index (χ3n) is 3.26. The molecule has 0 spiro atoms. The average Bonchev–Trinajstić information content (AvgIpc) is 2.79. The maximum atomic E-state index is 12.0. The highest BCUT2D eigenvalue weighted by atomic mass is 35.5. The lowest BCUT2D eigenvalue weighted by Gasteiger charge is -2.23. The number of rotatable bonds is 5. The van der Waals surface area contributed by atoms with Crippen molar-refractivity contribution in [2.24, 2.45) is 0 Å². The summed E-state index contributed by atoms with van der Waals surface area (Å²) in [5, 5.41) is -1.01. The zero-order valence-electron chi connectivity index (χ0n) is 11.5. The predicted octanol–water partition coefficient (Wildman–Crippen LogP) is 0.896. The van der Waals surface area contributed by atoms with Crippen LogP contribution in [0.3, 0.4) is 0 Å². The smallest absolute Gasteiger partial charge is 0.238 e. The Morgan fingerprint density at radius 1 is 1.38 bits per heavy atom. The monoisotopic (exact) mass is 333 g/mol. The molecular weight excluding hydrogens is 318 g/mol. The minimum atomic E-state index is -3.40. The van der Waals surface area contributed by atoms with Crippen LogP contribution in [0.5, 0.6) is 11.5 Å². The Hall–Kier alpha value is -1.47. The van der Waals surface area contributed by atoms with Crippen molar-refractivity contribution in [2.45, 2.75) is 5.37 Å². The molecule has 0 aromatic heterocycles. The summed E-state index contributed by atoms with van der Waals surface area (Å²) in [5.41, 5.74) is 0. The van der Waals surface area contributed by atoms with Crippen LogP contribution < -0.4 is 9.47 Å². The molecule has 0 saturated carbocycles. The van der Waals surface area contributed by atoms with E-state index in [1.165, 1.54) is 12.0 Å². The molecule has 1 aromatic rings. The highest BCUT2D eigenvalue weighted by Gasteiger charge is 2.41. The minimum absolute atomic E-state index is 0.0738. The van der Waals surface area contributed by atoms with Gasteiger partial charge in [0.2, 0.25) is 5.91 Å². The standard InChI is InChI=1S/C13H16ClNO5S/c1-19-10-4-2-3-5-11(10)20-9-13-15(12(16)8-14)6-7-21(13,17)18/h2-5,13H,6-9H2,1H3. The lowest BCUT2D eigenvalue weighted by molar-refractivity contribution is -0.129. The third-order valence-corrected chi connectivity index (χ3v) is 5.46. The summed E-state index contributed by atoms with van der Waals surface area (Å²) in [6, 6.07) is 6.91. The number of para-hydroxylation sites is 2. The summed E-state index contributed by atoms with van der Waals surface area (Å²) in [6.45, 7) is -0.000820. The number of carbonyl (C=O) groups excluding carboxylic acids is 1. The quantitative estimate of drug-likeness (QED) is 0.748. The third kappa shape index (κ3) is 3.41. The van der Waals surface area contributed by atoms with Crippen molar-refractivity contribution in [3.05, 3.63) is 24.3 Å². The Morgan fingerprint density at radius 3 is 2.67 bits per heavy atom. The van der Waals surface area contributed by atoms with E-state index in [0.29, 0.717) is 11.5 Å². The van der Waals surface area contributed by atoms with Crippen molar-refractivity contribution in [1.82, 2.24) is 4.90 Å². The van der Waals surface area contributed by atoms with Gasteiger partial charge in [-0.2, -0.15) is 0 Å². The number of hydrogen-bond acceptors (Lipinski definition) is 5. The Balaban J connectivity index is 2.14. The van der Waals surface area contributed by atoms with E-state index in [1.54, 1.807) is 24.3 Å². The number of halogens is 1. The molecule has 0 radical (unpaired) electrons. The van der Waals surface area contributed by atoms with Gasteiger partial charge in [0.15, 0.2) is 26.7 Å². The molecule has 6 nitrogen and oxygen atoms in total. The molecule has 116 valence electrons. The summed E-state index contributed by atoms with van der Waals surface area (Å²) in [4.78, 5) is 12.9. The van der Waals surface area contributed by atoms with Crippen LogP contribution in [-0.2, 0) is 14.6 Å². The first-order chi connectivity index (χ1) is 9.99. The normalized spacial score (nSPS) is 20.3. The first kappa shape index (κ1) is 15.9. The number of alkyl halides is 1. The molecule has 1 aliphatic heterocycles. The van der Waals surface area contributed by atoms with Gasteiger partial charge in [-0.25, -0.2) is 8.42 Å². The molecule has 21 heavy (non-hydrogen) atoms. The molecule has 1 aliphatic rings. The van der Waals surface area contributed by atoms with Crippen LogP contribution in [-0.4, -0.2) is 56.5 Å². The molecule has 1 saturated heterocycles. The summed E-state index contributed by atoms with van der Waals surface area (Å²) in [6.07, 6.45) is 0. The number of ether oxygens (including phenoxy) is 2. The zero-order valence-corrected chi connectivity index (χ0v) is 13.1. The lowest BCUT2D eigenvalue weighted by Crippen LogP contribution is -2.42. The molecule has 1 fully saturated rings. The average molecular weight is 334 g/mol. The second-order valence-corrected chi connectivity index (χ2v) is 7.05. The second-order valence-electron chi connectivity index (χ2n) is 4.50. The highest BCUT2D eigenvalue weighted by Crippen LogP contribution is 2.27. The van der Waals surface area contributed by atoms with E-state index < -0.39 is 21.1 Å². The number of sulfone groups is 1. The number of hydrogen-bond donors (Lipinski definition) is 0. The van der Waals surface area contributed by atoms with Crippen LogP contribution in [0.1, 0.15) is 0 Å². The van der Waals surface area contributed by atoms with Gasteiger partial charge >= 0.3 is 0 Å². The fraction of sp³-hybridized carbons (Fsp3) is 0.462. The van der Waals surface area contributed by atoms with Crippen molar-refractivity contribution in [1.29, 1.82) is 0 Å². The van der Waals surface area contributed by atoms with E-state index in [0.717, 1.165) is 0 Å². The highest BCUT2D eigenvalue weighted by molar-refractivity contribution is 7.92. The van der Waals surface area contributed by atoms with Gasteiger partial charge < -0.3 is 14.4 Å². The number of amides is 1. The van der Waals surface area contributed by atoms with Crippen LogP contribution in [0.25, 0.3) is 0 Å². The van der Waals surface area contributed by atoms with Gasteiger partial charge in [-0.1, -0.05) is 12.1 Å². The zero-order chi connectivity index (χ0) is 15.5. The number of methoxy groups -OCH3 is 1. The first-order valence-corrected chi connectivity index (χ1v) is 8.57. The molecular formula is C13H16ClNO5S. The fourth-order valence-electron chi connectivity index (χ4n) is 2.15. The largest absolute Gasteiger partial charge is 0.493 e. The molecule has 1 amide bonds. The van der Waals surface area contributed by atoms with Gasteiger partial charge in [0, 0.05) is 6.54 Å². The minimum Gasteiger partial charge on any atom is -0.493 e. The first-order valence-electron chi connectivity index (χ1n) is 6.32. The number of nitrogens with zero attached hydrogens (tertiary/aromatic N) is 1. The molecule has 1 heterocycles. The van der Waals surface area contributed by atoms with E-state index in [9.17, 15) is 13.2 Å². The Morgan fingerprint density at radius 2 is 2.05 bits per heavy atom. The van der Waals surface area contributed by atoms with E-state index >= 15 is 0 Å². The second kappa shape index (κ2) is 6.53. The molecule has 1 atom stereocenters. The van der Waals surface area contributed by atoms with Crippen molar-refractivity contribution < 1.29 is 22.7 Å². The molecule has 0 bridgehead atoms. The predicted molar refractivity (Wildman–Crippen MR) is 78.5 cm³/mol. The maximum absolute atomic E-state index is 12.0. The molecule has 0 N–H and O–H groups in total. The molecule has 2 rings (SSSR count). The maximum Gasteiger partial charge on any atom is 0.238 e. The van der Waals surface area contributed by atoms with Crippen molar-refractivity contribution in [3.8, 4) is 11.5 Å². The Labute approximate surface area is 128 Å². The van der Waals surface area contributed by atoms with Crippen LogP contribution >= 0.6 is 11.6 Å². The van der Waals surface area contributed by atoms with E-state index in [1.807, 2.05) is 0 Å². The summed E-state index contributed by atoms with van der Waals surface area (Å²) >= 11 is 5.51. The molecule has 8 heteroatoms. The van der Waals surface area contributed by atoms with Crippen LogP contribution in [0.4, 0.5) is 0 Å². The topological polar surface area (TPSA) is 72.9 Å². The molecule has 1 unspecified atom stereocenters. The van der Waals surface area contributed by atoms with Gasteiger partial charge in [0.25, 0.3) is 0 Å². The van der Waals surface area contributed by atoms with Crippen LogP contribution in [0.2, 0.25) is 0 Å². The van der Waals surface area contributed by atoms with Gasteiger partial charge in [-0.15, -0.1) is 11.6 Å². The fourth-order valence-corrected chi connectivity index (χ4v) is 3.92. The van der Waals surface area contributed by atoms with Crippen molar-refractivity contribution in [2.75, 3.05) is 31.9 Å². The lowest BCUT2D eigenvalue weighted by atomic mass is 10.3. The summed E-state index contributed by atoms with van der Waals surface area (Å²) in [5.74, 6) is 0.200. The van der Waals surface area contributed by atoms with E-state index in [2.05, 4.69) is 0 Å². The van der Waals surface area contributed by atoms with Gasteiger partial charge in [0.1, 0.15) is 12.5 Å². The SMILES string of the molecule is COc1ccccc1OCC1N(C(=O)CCl)CCS1(=O)=O. The van der Waals surface area contributed by atoms with Gasteiger partial charge in [-0.3, -0.25) is 4.79 Å². The van der Waals surface area contributed by atoms with Crippen molar-refractivity contribution in [3.63, 3.8) is 0 Å². The van der Waals surface area contributed by atoms with Gasteiger partial charge in [0.05, 0.1) is 12.9 Å². The van der Waals surface area contributed by atoms with Crippen LogP contribution in [0.15, 0.2) is 24.3 Å². The van der Waals surface area contributed by atoms with Crippen molar-refractivity contribution >= 4 is 27.3 Å².